The molecule has 5 nitrogen and oxygen atoms in total. The van der Waals surface area contributed by atoms with Crippen molar-refractivity contribution in [3.05, 3.63) is 0 Å². The van der Waals surface area contributed by atoms with Gasteiger partial charge in [0.2, 0.25) is 0 Å². The predicted octanol–water partition coefficient (Wildman–Crippen LogP) is -0.308. The van der Waals surface area contributed by atoms with Gasteiger partial charge in [-0.05, 0) is 38.5 Å². The standard InChI is InChI=1S/C9H18BNO4/c1-9(8(12)13)7(4-6-11-9)3-2-5-10(14)15/h7,11,14-15H,2-6H2,1H3,(H,12,13)/t7-,9+/m0/s1. The quantitative estimate of drug-likeness (QED) is 0.472. The molecule has 86 valence electrons. The van der Waals surface area contributed by atoms with Crippen LogP contribution in [-0.2, 0) is 4.79 Å². The lowest BCUT2D eigenvalue weighted by molar-refractivity contribution is -0.145. The van der Waals surface area contributed by atoms with Crippen LogP contribution in [0.4, 0.5) is 0 Å². The first-order chi connectivity index (χ1) is 6.97. The van der Waals surface area contributed by atoms with Crippen molar-refractivity contribution in [3.63, 3.8) is 0 Å². The molecule has 0 aliphatic carbocycles. The van der Waals surface area contributed by atoms with Crippen molar-refractivity contribution in [1.29, 1.82) is 0 Å². The van der Waals surface area contributed by atoms with Crippen LogP contribution in [0.15, 0.2) is 0 Å². The number of carboxylic acids is 1. The van der Waals surface area contributed by atoms with Crippen molar-refractivity contribution in [2.45, 2.75) is 38.0 Å². The summed E-state index contributed by atoms with van der Waals surface area (Å²) in [6.07, 6.45) is 2.51. The molecule has 6 heteroatoms. The van der Waals surface area contributed by atoms with Crippen molar-refractivity contribution in [2.24, 2.45) is 5.92 Å². The first kappa shape index (κ1) is 12.5. The van der Waals surface area contributed by atoms with Gasteiger partial charge < -0.3 is 20.5 Å². The Labute approximate surface area is 89.6 Å². The van der Waals surface area contributed by atoms with Gasteiger partial charge in [-0.2, -0.15) is 0 Å². The van der Waals surface area contributed by atoms with Crippen molar-refractivity contribution in [1.82, 2.24) is 5.32 Å². The molecule has 0 bridgehead atoms. The zero-order valence-electron chi connectivity index (χ0n) is 8.94. The molecule has 1 heterocycles. The number of nitrogens with one attached hydrogen (secondary N) is 1. The molecule has 0 amide bonds. The van der Waals surface area contributed by atoms with E-state index >= 15 is 0 Å². The van der Waals surface area contributed by atoms with E-state index in [0.29, 0.717) is 19.2 Å². The number of rotatable bonds is 5. The highest BCUT2D eigenvalue weighted by Crippen LogP contribution is 2.31. The molecule has 0 radical (unpaired) electrons. The normalized spacial score (nSPS) is 30.5. The lowest BCUT2D eigenvalue weighted by Gasteiger charge is -2.26. The van der Waals surface area contributed by atoms with Crippen LogP contribution in [0.5, 0.6) is 0 Å². The Balaban J connectivity index is 2.43. The summed E-state index contributed by atoms with van der Waals surface area (Å²) in [6, 6.07) is 0. The molecule has 0 spiro atoms. The number of hydrogen-bond donors (Lipinski definition) is 4. The third kappa shape index (κ3) is 2.93. The second-order valence-corrected chi connectivity index (χ2v) is 4.33. The molecule has 2 atom stereocenters. The van der Waals surface area contributed by atoms with E-state index < -0.39 is 18.6 Å². The van der Waals surface area contributed by atoms with Crippen molar-refractivity contribution < 1.29 is 19.9 Å². The molecule has 0 aromatic carbocycles. The molecule has 0 unspecified atom stereocenters. The minimum Gasteiger partial charge on any atom is -0.480 e. The maximum Gasteiger partial charge on any atom is 0.451 e. The van der Waals surface area contributed by atoms with E-state index in [4.69, 9.17) is 15.2 Å². The molecular weight excluding hydrogens is 197 g/mol. The molecule has 0 aromatic rings. The summed E-state index contributed by atoms with van der Waals surface area (Å²) in [4.78, 5) is 11.1. The Bertz CT molecular complexity index is 236. The predicted molar refractivity (Wildman–Crippen MR) is 56.4 cm³/mol. The molecule has 0 saturated carbocycles. The van der Waals surface area contributed by atoms with Gasteiger partial charge in [0.1, 0.15) is 5.54 Å². The molecule has 15 heavy (non-hydrogen) atoms. The average molecular weight is 215 g/mol. The Hall–Kier alpha value is -0.585. The fourth-order valence-electron chi connectivity index (χ4n) is 2.17. The van der Waals surface area contributed by atoms with Gasteiger partial charge in [0, 0.05) is 0 Å². The van der Waals surface area contributed by atoms with E-state index in [9.17, 15) is 4.79 Å². The van der Waals surface area contributed by atoms with Gasteiger partial charge in [-0.25, -0.2) is 0 Å². The highest BCUT2D eigenvalue weighted by atomic mass is 16.4. The number of hydrogen-bond acceptors (Lipinski definition) is 4. The fourth-order valence-corrected chi connectivity index (χ4v) is 2.17. The van der Waals surface area contributed by atoms with Gasteiger partial charge in [0.25, 0.3) is 0 Å². The summed E-state index contributed by atoms with van der Waals surface area (Å²) in [5.74, 6) is -0.747. The first-order valence-corrected chi connectivity index (χ1v) is 5.31. The van der Waals surface area contributed by atoms with Crippen molar-refractivity contribution in [3.8, 4) is 0 Å². The van der Waals surface area contributed by atoms with Crippen LogP contribution in [0.2, 0.25) is 6.32 Å². The molecule has 4 N–H and O–H groups in total. The Kier molecular flexibility index (Phi) is 4.13. The molecular formula is C9H18BNO4. The van der Waals surface area contributed by atoms with Crippen LogP contribution in [0, 0.1) is 5.92 Å². The zero-order chi connectivity index (χ0) is 11.5. The maximum atomic E-state index is 11.1. The van der Waals surface area contributed by atoms with Gasteiger partial charge >= 0.3 is 13.1 Å². The second kappa shape index (κ2) is 4.96. The monoisotopic (exact) mass is 215 g/mol. The number of carboxylic acid groups (broad SMARTS) is 1. The smallest absolute Gasteiger partial charge is 0.451 e. The highest BCUT2D eigenvalue weighted by molar-refractivity contribution is 6.40. The van der Waals surface area contributed by atoms with E-state index in [2.05, 4.69) is 5.32 Å². The minimum atomic E-state index is -1.28. The molecule has 1 aliphatic rings. The SMILES string of the molecule is C[C@@]1(C(=O)O)NCC[C@@H]1CCCB(O)O. The topological polar surface area (TPSA) is 89.8 Å². The van der Waals surface area contributed by atoms with Crippen LogP contribution in [0.1, 0.15) is 26.2 Å². The van der Waals surface area contributed by atoms with Crippen LogP contribution in [-0.4, -0.2) is 40.3 Å². The van der Waals surface area contributed by atoms with Gasteiger partial charge in [-0.15, -0.1) is 0 Å². The molecule has 1 saturated heterocycles. The van der Waals surface area contributed by atoms with E-state index in [-0.39, 0.29) is 5.92 Å². The summed E-state index contributed by atoms with van der Waals surface area (Å²) >= 11 is 0. The molecule has 1 rings (SSSR count). The summed E-state index contributed by atoms with van der Waals surface area (Å²) in [5.41, 5.74) is -0.847. The maximum absolute atomic E-state index is 11.1. The van der Waals surface area contributed by atoms with E-state index in [0.717, 1.165) is 13.0 Å². The Morgan fingerprint density at radius 3 is 2.80 bits per heavy atom. The van der Waals surface area contributed by atoms with Crippen molar-refractivity contribution >= 4 is 13.1 Å². The van der Waals surface area contributed by atoms with E-state index in [1.165, 1.54) is 0 Å². The fraction of sp³-hybridized carbons (Fsp3) is 0.889. The van der Waals surface area contributed by atoms with Crippen molar-refractivity contribution in [2.75, 3.05) is 6.54 Å². The highest BCUT2D eigenvalue weighted by Gasteiger charge is 2.44. The zero-order valence-corrected chi connectivity index (χ0v) is 8.94. The van der Waals surface area contributed by atoms with Gasteiger partial charge in [0.05, 0.1) is 0 Å². The van der Waals surface area contributed by atoms with Crippen LogP contribution >= 0.6 is 0 Å². The lowest BCUT2D eigenvalue weighted by Crippen LogP contribution is -2.49. The summed E-state index contributed by atoms with van der Waals surface area (Å²) in [6.45, 7) is 2.41. The van der Waals surface area contributed by atoms with Crippen LogP contribution < -0.4 is 5.32 Å². The van der Waals surface area contributed by atoms with E-state index in [1.54, 1.807) is 6.92 Å². The molecule has 1 aliphatic heterocycles. The van der Waals surface area contributed by atoms with Crippen LogP contribution in [0.3, 0.4) is 0 Å². The summed E-state index contributed by atoms with van der Waals surface area (Å²) < 4.78 is 0. The lowest BCUT2D eigenvalue weighted by atomic mass is 9.78. The molecule has 1 fully saturated rings. The largest absolute Gasteiger partial charge is 0.480 e. The number of aliphatic carboxylic acids is 1. The van der Waals surface area contributed by atoms with Crippen LogP contribution in [0.25, 0.3) is 0 Å². The summed E-state index contributed by atoms with van der Waals surface area (Å²) in [5, 5.41) is 29.5. The average Bonchev–Trinajstić information content (AvgIpc) is 2.49. The van der Waals surface area contributed by atoms with Gasteiger partial charge in [0.15, 0.2) is 0 Å². The number of carbonyl (C=O) groups is 1. The third-order valence-electron chi connectivity index (χ3n) is 3.26. The first-order valence-electron chi connectivity index (χ1n) is 5.31. The Morgan fingerprint density at radius 2 is 2.27 bits per heavy atom. The van der Waals surface area contributed by atoms with Gasteiger partial charge in [-0.3, -0.25) is 4.79 Å². The van der Waals surface area contributed by atoms with Gasteiger partial charge in [-0.1, -0.05) is 6.42 Å². The third-order valence-corrected chi connectivity index (χ3v) is 3.26. The second-order valence-electron chi connectivity index (χ2n) is 4.33. The summed E-state index contributed by atoms with van der Waals surface area (Å²) in [7, 11) is -1.28. The van der Waals surface area contributed by atoms with E-state index in [1.807, 2.05) is 0 Å². The minimum absolute atomic E-state index is 0.0775. The Morgan fingerprint density at radius 1 is 1.60 bits per heavy atom. The molecule has 0 aromatic heterocycles.